The van der Waals surface area contributed by atoms with Gasteiger partial charge in [-0.25, -0.2) is 13.4 Å². The van der Waals surface area contributed by atoms with Crippen molar-refractivity contribution in [3.63, 3.8) is 0 Å². The maximum absolute atomic E-state index is 13.7. The lowest BCUT2D eigenvalue weighted by Gasteiger charge is -2.31. The molecule has 9 nitrogen and oxygen atoms in total. The van der Waals surface area contributed by atoms with Crippen LogP contribution in [0, 0.1) is 12.8 Å². The summed E-state index contributed by atoms with van der Waals surface area (Å²) in [6.07, 6.45) is -5.70. The summed E-state index contributed by atoms with van der Waals surface area (Å²) in [6, 6.07) is 18.9. The molecular weight excluding hydrogens is 654 g/mol. The number of carbonyl (C=O) groups is 1. The number of aryl methyl sites for hydroxylation is 1. The van der Waals surface area contributed by atoms with E-state index < -0.39 is 39.9 Å². The quantitative estimate of drug-likeness (QED) is 0.143. The lowest BCUT2D eigenvalue weighted by atomic mass is 10.00. The van der Waals surface area contributed by atoms with Crippen molar-refractivity contribution in [2.75, 3.05) is 25.5 Å². The number of amides is 1. The van der Waals surface area contributed by atoms with Gasteiger partial charge < -0.3 is 20.5 Å². The van der Waals surface area contributed by atoms with Crippen molar-refractivity contribution in [1.29, 1.82) is 0 Å². The highest BCUT2D eigenvalue weighted by Crippen LogP contribution is 2.33. The summed E-state index contributed by atoms with van der Waals surface area (Å²) in [7, 11) is -2.55. The molecule has 1 amide bonds. The van der Waals surface area contributed by atoms with Crippen molar-refractivity contribution in [1.82, 2.24) is 14.6 Å². The van der Waals surface area contributed by atoms with Gasteiger partial charge >= 0.3 is 6.18 Å². The molecule has 4 rings (SSSR count). The number of ether oxygens (including phenoxy) is 1. The molecule has 0 aliphatic carbocycles. The second-order valence-corrected chi connectivity index (χ2v) is 14.2. The molecule has 0 unspecified atom stereocenters. The number of aliphatic hydroxyl groups is 1. The van der Waals surface area contributed by atoms with Crippen LogP contribution < -0.4 is 15.4 Å². The van der Waals surface area contributed by atoms with Gasteiger partial charge in [0, 0.05) is 29.7 Å². The van der Waals surface area contributed by atoms with Gasteiger partial charge in [-0.3, -0.25) is 4.79 Å². The van der Waals surface area contributed by atoms with Crippen LogP contribution in [-0.4, -0.2) is 61.1 Å². The molecule has 252 valence electrons. The fourth-order valence-corrected chi connectivity index (χ4v) is 7.14. The molecule has 0 aliphatic rings. The lowest BCUT2D eigenvalue weighted by molar-refractivity contribution is -0.140. The summed E-state index contributed by atoms with van der Waals surface area (Å²) in [5.74, 6) is -0.130. The minimum absolute atomic E-state index is 0.0127. The average molecular weight is 691 g/mol. The number of halogens is 3. The van der Waals surface area contributed by atoms with E-state index in [-0.39, 0.29) is 41.0 Å². The summed E-state index contributed by atoms with van der Waals surface area (Å²) in [5.41, 5.74) is 1.02. The van der Waals surface area contributed by atoms with Gasteiger partial charge in [-0.05, 0) is 66.8 Å². The Labute approximate surface area is 276 Å². The number of aliphatic hydroxyl groups excluding tert-OH is 1. The maximum atomic E-state index is 13.7. The number of hydrogen-bond donors (Lipinski definition) is 3. The van der Waals surface area contributed by atoms with Gasteiger partial charge in [0.1, 0.15) is 5.75 Å². The number of rotatable bonds is 14. The number of methoxy groups -OCH3 is 1. The normalized spacial score (nSPS) is 13.4. The molecule has 3 N–H and O–H groups in total. The number of thiazole rings is 1. The molecule has 0 fully saturated rings. The van der Waals surface area contributed by atoms with Crippen molar-refractivity contribution >= 4 is 38.1 Å². The molecule has 14 heteroatoms. The van der Waals surface area contributed by atoms with Crippen LogP contribution in [0.15, 0.2) is 83.1 Å². The third-order valence-electron chi connectivity index (χ3n) is 7.27. The smallest absolute Gasteiger partial charge is 0.434 e. The highest BCUT2D eigenvalue weighted by Gasteiger charge is 2.34. The molecule has 1 heterocycles. The molecule has 0 bridgehead atoms. The van der Waals surface area contributed by atoms with Crippen molar-refractivity contribution in [3.8, 4) is 5.75 Å². The van der Waals surface area contributed by atoms with Crippen LogP contribution in [0.5, 0.6) is 5.75 Å². The number of sulfonamides is 1. The van der Waals surface area contributed by atoms with Crippen LogP contribution in [0.25, 0.3) is 0 Å². The summed E-state index contributed by atoms with van der Waals surface area (Å²) < 4.78 is 73.0. The fourth-order valence-electron chi connectivity index (χ4n) is 4.79. The molecule has 2 atom stereocenters. The number of carbonyl (C=O) groups excluding carboxylic acids is 1. The van der Waals surface area contributed by atoms with Crippen molar-refractivity contribution in [2.24, 2.45) is 5.92 Å². The van der Waals surface area contributed by atoms with Gasteiger partial charge in [-0.15, -0.1) is 11.3 Å². The van der Waals surface area contributed by atoms with E-state index in [9.17, 15) is 31.5 Å². The Morgan fingerprint density at radius 1 is 1.04 bits per heavy atom. The Balaban J connectivity index is 1.59. The van der Waals surface area contributed by atoms with Crippen LogP contribution in [0.1, 0.15) is 41.0 Å². The van der Waals surface area contributed by atoms with Crippen LogP contribution in [-0.2, 0) is 22.6 Å². The topological polar surface area (TPSA) is 121 Å². The Hall–Kier alpha value is -3.98. The Morgan fingerprint density at radius 3 is 2.32 bits per heavy atom. The van der Waals surface area contributed by atoms with Gasteiger partial charge in [0.2, 0.25) is 10.0 Å². The molecule has 0 saturated carbocycles. The Morgan fingerprint density at radius 2 is 1.72 bits per heavy atom. The molecule has 0 saturated heterocycles. The number of alkyl halides is 3. The van der Waals surface area contributed by atoms with Crippen molar-refractivity contribution < 1.29 is 36.2 Å². The molecule has 47 heavy (non-hydrogen) atoms. The number of hydrogen-bond acceptors (Lipinski definition) is 8. The first-order valence-corrected chi connectivity index (χ1v) is 17.1. The van der Waals surface area contributed by atoms with Crippen LogP contribution in [0.2, 0.25) is 0 Å². The second kappa shape index (κ2) is 15.3. The third kappa shape index (κ3) is 9.53. The van der Waals surface area contributed by atoms with E-state index >= 15 is 0 Å². The highest BCUT2D eigenvalue weighted by atomic mass is 32.2. The molecule has 4 aromatic rings. The Bertz CT molecular complexity index is 1750. The lowest BCUT2D eigenvalue weighted by Crippen LogP contribution is -2.51. The number of benzene rings is 3. The van der Waals surface area contributed by atoms with Gasteiger partial charge in [-0.1, -0.05) is 50.2 Å². The van der Waals surface area contributed by atoms with Gasteiger partial charge in [0.05, 0.1) is 24.2 Å². The number of nitrogens with one attached hydrogen (secondary N) is 2. The van der Waals surface area contributed by atoms with Crippen LogP contribution in [0.4, 0.5) is 24.0 Å². The van der Waals surface area contributed by atoms with E-state index in [1.54, 1.807) is 31.2 Å². The summed E-state index contributed by atoms with van der Waals surface area (Å²) in [5, 5.41) is 18.2. The number of anilines is 2. The molecule has 0 spiro atoms. The van der Waals surface area contributed by atoms with E-state index in [1.807, 2.05) is 44.2 Å². The minimum atomic E-state index is -4.58. The summed E-state index contributed by atoms with van der Waals surface area (Å²) >= 11 is 0.786. The predicted molar refractivity (Wildman–Crippen MR) is 176 cm³/mol. The Kier molecular flexibility index (Phi) is 11.7. The fraction of sp³-hybridized carbons (Fsp3) is 0.333. The van der Waals surface area contributed by atoms with Crippen molar-refractivity contribution in [3.05, 3.63) is 101 Å². The van der Waals surface area contributed by atoms with Crippen molar-refractivity contribution in [2.45, 2.75) is 50.4 Å². The largest absolute Gasteiger partial charge is 0.497 e. The summed E-state index contributed by atoms with van der Waals surface area (Å²) in [6.45, 7) is 5.29. The first kappa shape index (κ1) is 35.9. The van der Waals surface area contributed by atoms with E-state index in [2.05, 4.69) is 15.6 Å². The van der Waals surface area contributed by atoms with Gasteiger partial charge in [0.15, 0.2) is 10.8 Å². The highest BCUT2D eigenvalue weighted by molar-refractivity contribution is 7.89. The standard InChI is InChI=1S/C33H37F3N4O5S2/c1-21(2)18-40(47(43,44)26-14-12-25(45-4)13-15-26)19-29(41)28(16-23-8-6-5-7-9-23)37-31(42)24-11-10-22(3)27(17-24)38-32-39-30(20-46-32)33(34,35)36/h5-15,17,20-21,28-29,41H,16,18-19H2,1-4H3,(H,37,42)(H,38,39)/t28-,29+/m0/s1. The zero-order chi connectivity index (χ0) is 34.4. The summed E-state index contributed by atoms with van der Waals surface area (Å²) in [4.78, 5) is 17.2. The minimum Gasteiger partial charge on any atom is -0.497 e. The third-order valence-corrected chi connectivity index (χ3v) is 9.88. The first-order valence-electron chi connectivity index (χ1n) is 14.7. The molecule has 1 aromatic heterocycles. The predicted octanol–water partition coefficient (Wildman–Crippen LogP) is 6.27. The molecule has 0 radical (unpaired) electrons. The van der Waals surface area contributed by atoms with Gasteiger partial charge in [0.25, 0.3) is 5.91 Å². The maximum Gasteiger partial charge on any atom is 0.434 e. The molecule has 0 aliphatic heterocycles. The monoisotopic (exact) mass is 690 g/mol. The molecule has 3 aromatic carbocycles. The zero-order valence-corrected chi connectivity index (χ0v) is 27.9. The first-order chi connectivity index (χ1) is 22.2. The SMILES string of the molecule is COc1ccc(S(=O)(=O)N(CC(C)C)C[C@@H](O)[C@H](Cc2ccccc2)NC(=O)c2ccc(C)c(Nc3nc(C(F)(F)F)cs3)c2)cc1. The number of aromatic nitrogens is 1. The van der Waals surface area contributed by atoms with Crippen LogP contribution in [0.3, 0.4) is 0 Å². The van der Waals surface area contributed by atoms with Crippen LogP contribution >= 0.6 is 11.3 Å². The zero-order valence-electron chi connectivity index (χ0n) is 26.3. The van der Waals surface area contributed by atoms with Gasteiger partial charge in [-0.2, -0.15) is 17.5 Å². The average Bonchev–Trinajstić information content (AvgIpc) is 3.51. The van der Waals surface area contributed by atoms with E-state index in [4.69, 9.17) is 4.74 Å². The van der Waals surface area contributed by atoms with E-state index in [0.29, 0.717) is 17.0 Å². The van der Waals surface area contributed by atoms with E-state index in [1.165, 1.54) is 29.6 Å². The second-order valence-electron chi connectivity index (χ2n) is 11.4. The van der Waals surface area contributed by atoms with E-state index in [0.717, 1.165) is 22.3 Å². The number of nitrogens with zero attached hydrogens (tertiary/aromatic N) is 2. The molecular formula is C33H37F3N4O5S2.